The average molecular weight is 260 g/mol. The van der Waals surface area contributed by atoms with Crippen molar-refractivity contribution in [1.29, 1.82) is 0 Å². The van der Waals surface area contributed by atoms with Crippen molar-refractivity contribution >= 4 is 32.5 Å². The van der Waals surface area contributed by atoms with Crippen molar-refractivity contribution in [2.24, 2.45) is 0 Å². The van der Waals surface area contributed by atoms with Crippen LogP contribution < -0.4 is 5.63 Å². The van der Waals surface area contributed by atoms with Gasteiger partial charge in [-0.3, -0.25) is 0 Å². The summed E-state index contributed by atoms with van der Waals surface area (Å²) in [5, 5.41) is 4.70. The maximum Gasteiger partial charge on any atom is 0.344 e. The summed E-state index contributed by atoms with van der Waals surface area (Å²) < 4.78 is 5.59. The van der Waals surface area contributed by atoms with E-state index < -0.39 is 0 Å². The first kappa shape index (κ1) is 11.2. The maximum atomic E-state index is 12.2. The molecule has 2 heteroatoms. The lowest BCUT2D eigenvalue weighted by atomic mass is 9.99. The number of hydrogen-bond acceptors (Lipinski definition) is 2. The summed E-state index contributed by atoms with van der Waals surface area (Å²) in [6.07, 6.45) is 0. The van der Waals surface area contributed by atoms with E-state index in [1.807, 2.05) is 42.5 Å². The van der Waals surface area contributed by atoms with Crippen LogP contribution in [0.4, 0.5) is 0 Å². The lowest BCUT2D eigenvalue weighted by molar-refractivity contribution is 0.573. The summed E-state index contributed by atoms with van der Waals surface area (Å²) >= 11 is 0. The second kappa shape index (κ2) is 3.94. The topological polar surface area (TPSA) is 30.2 Å². The quantitative estimate of drug-likeness (QED) is 0.346. The molecule has 96 valence electrons. The maximum absolute atomic E-state index is 12.2. The fraction of sp³-hybridized carbons (Fsp3) is 0.0556. The molecule has 0 bridgehead atoms. The minimum atomic E-state index is -0.276. The molecular formula is C18H12O2. The van der Waals surface area contributed by atoms with Gasteiger partial charge in [-0.05, 0) is 35.4 Å². The molecule has 20 heavy (non-hydrogen) atoms. The minimum Gasteiger partial charge on any atom is -0.422 e. The van der Waals surface area contributed by atoms with Gasteiger partial charge in [0.1, 0.15) is 5.58 Å². The zero-order chi connectivity index (χ0) is 13.7. The van der Waals surface area contributed by atoms with Gasteiger partial charge >= 0.3 is 5.63 Å². The molecule has 0 aliphatic carbocycles. The third-order valence-corrected chi connectivity index (χ3v) is 3.83. The zero-order valence-electron chi connectivity index (χ0n) is 11.0. The summed E-state index contributed by atoms with van der Waals surface area (Å²) in [5.41, 5.74) is 1.59. The lowest BCUT2D eigenvalue weighted by Gasteiger charge is -2.08. The van der Waals surface area contributed by atoms with E-state index in [4.69, 9.17) is 4.42 Å². The Bertz CT molecular complexity index is 1030. The Hall–Kier alpha value is -2.61. The molecule has 0 unspecified atom stereocenters. The third-order valence-electron chi connectivity index (χ3n) is 3.83. The van der Waals surface area contributed by atoms with Crippen LogP contribution in [0.1, 0.15) is 5.56 Å². The van der Waals surface area contributed by atoms with Gasteiger partial charge in [0.2, 0.25) is 0 Å². The van der Waals surface area contributed by atoms with Crippen molar-refractivity contribution in [3.05, 3.63) is 70.6 Å². The van der Waals surface area contributed by atoms with Crippen molar-refractivity contribution < 1.29 is 4.42 Å². The van der Waals surface area contributed by atoms with Gasteiger partial charge in [0.05, 0.1) is 5.39 Å². The Balaban J connectivity index is 2.40. The first-order chi connectivity index (χ1) is 9.75. The molecule has 3 aromatic carbocycles. The van der Waals surface area contributed by atoms with E-state index in [1.165, 1.54) is 5.56 Å². The van der Waals surface area contributed by atoms with E-state index in [0.29, 0.717) is 11.0 Å². The number of fused-ring (bicyclic) bond motifs is 5. The van der Waals surface area contributed by atoms with E-state index in [2.05, 4.69) is 19.1 Å². The minimum absolute atomic E-state index is 0.276. The zero-order valence-corrected chi connectivity index (χ0v) is 11.0. The van der Waals surface area contributed by atoms with Crippen molar-refractivity contribution in [3.63, 3.8) is 0 Å². The Morgan fingerprint density at radius 2 is 1.35 bits per heavy atom. The van der Waals surface area contributed by atoms with E-state index >= 15 is 0 Å². The molecule has 0 atom stereocenters. The highest BCUT2D eigenvalue weighted by molar-refractivity contribution is 6.14. The molecular weight excluding hydrogens is 248 g/mol. The van der Waals surface area contributed by atoms with Crippen LogP contribution >= 0.6 is 0 Å². The first-order valence-corrected chi connectivity index (χ1v) is 6.59. The van der Waals surface area contributed by atoms with E-state index in [0.717, 1.165) is 21.5 Å². The van der Waals surface area contributed by atoms with Gasteiger partial charge in [0, 0.05) is 10.8 Å². The second-order valence-electron chi connectivity index (χ2n) is 5.05. The molecule has 0 spiro atoms. The molecule has 1 aromatic heterocycles. The van der Waals surface area contributed by atoms with Gasteiger partial charge in [-0.2, -0.15) is 0 Å². The molecule has 0 aliphatic rings. The van der Waals surface area contributed by atoms with Crippen LogP contribution in [-0.2, 0) is 0 Å². The van der Waals surface area contributed by atoms with Gasteiger partial charge in [0.15, 0.2) is 0 Å². The van der Waals surface area contributed by atoms with Gasteiger partial charge in [-0.15, -0.1) is 0 Å². The van der Waals surface area contributed by atoms with Crippen molar-refractivity contribution in [2.45, 2.75) is 6.92 Å². The number of aryl methyl sites for hydroxylation is 1. The molecule has 0 aliphatic heterocycles. The highest BCUT2D eigenvalue weighted by atomic mass is 16.4. The van der Waals surface area contributed by atoms with Crippen LogP contribution in [0.25, 0.3) is 32.5 Å². The molecule has 0 fully saturated rings. The van der Waals surface area contributed by atoms with Crippen LogP contribution in [0.2, 0.25) is 0 Å². The van der Waals surface area contributed by atoms with Crippen molar-refractivity contribution in [1.82, 2.24) is 0 Å². The summed E-state index contributed by atoms with van der Waals surface area (Å²) in [6, 6.07) is 17.7. The standard InChI is InChI=1S/C18H12O2/c1-11-10-16-13-7-3-5-9-15(13)18(19)20-17(16)14-8-4-2-6-12(11)14/h2-10H,1H3. The highest BCUT2D eigenvalue weighted by Crippen LogP contribution is 2.31. The number of hydrogen-bond donors (Lipinski definition) is 0. The van der Waals surface area contributed by atoms with E-state index in [-0.39, 0.29) is 5.63 Å². The normalized spacial score (nSPS) is 11.4. The van der Waals surface area contributed by atoms with Gasteiger partial charge in [-0.1, -0.05) is 42.5 Å². The Labute approximate surface area is 115 Å². The van der Waals surface area contributed by atoms with E-state index in [1.54, 1.807) is 0 Å². The predicted molar refractivity (Wildman–Crippen MR) is 82.2 cm³/mol. The van der Waals surface area contributed by atoms with E-state index in [9.17, 15) is 4.79 Å². The van der Waals surface area contributed by atoms with Crippen molar-refractivity contribution in [2.75, 3.05) is 0 Å². The summed E-state index contributed by atoms with van der Waals surface area (Å²) in [4.78, 5) is 12.2. The highest BCUT2D eigenvalue weighted by Gasteiger charge is 2.11. The first-order valence-electron chi connectivity index (χ1n) is 6.59. The fourth-order valence-electron chi connectivity index (χ4n) is 2.88. The molecule has 0 amide bonds. The van der Waals surface area contributed by atoms with Gasteiger partial charge < -0.3 is 4.42 Å². The SMILES string of the molecule is Cc1cc2c3ccccc3c(=O)oc2c2ccccc12. The summed E-state index contributed by atoms with van der Waals surface area (Å²) in [6.45, 7) is 2.08. The molecule has 0 N–H and O–H groups in total. The van der Waals surface area contributed by atoms with Gasteiger partial charge in [-0.25, -0.2) is 4.79 Å². The van der Waals surface area contributed by atoms with Crippen LogP contribution in [0.15, 0.2) is 63.8 Å². The number of benzene rings is 3. The summed E-state index contributed by atoms with van der Waals surface area (Å²) in [5.74, 6) is 0. The largest absolute Gasteiger partial charge is 0.422 e. The molecule has 0 saturated carbocycles. The van der Waals surface area contributed by atoms with Crippen LogP contribution in [0.5, 0.6) is 0 Å². The lowest BCUT2D eigenvalue weighted by Crippen LogP contribution is -2.00. The molecule has 1 heterocycles. The van der Waals surface area contributed by atoms with Crippen LogP contribution in [0.3, 0.4) is 0 Å². The molecule has 0 radical (unpaired) electrons. The monoisotopic (exact) mass is 260 g/mol. The van der Waals surface area contributed by atoms with Crippen LogP contribution in [-0.4, -0.2) is 0 Å². The Morgan fingerprint density at radius 1 is 0.750 bits per heavy atom. The Morgan fingerprint density at radius 3 is 2.10 bits per heavy atom. The second-order valence-corrected chi connectivity index (χ2v) is 5.05. The third kappa shape index (κ3) is 1.42. The Kier molecular flexibility index (Phi) is 2.21. The van der Waals surface area contributed by atoms with Gasteiger partial charge in [0.25, 0.3) is 0 Å². The summed E-state index contributed by atoms with van der Waals surface area (Å²) in [7, 11) is 0. The molecule has 0 saturated heterocycles. The average Bonchev–Trinajstić information content (AvgIpc) is 2.49. The predicted octanol–water partition coefficient (Wildman–Crippen LogP) is 4.41. The molecule has 4 aromatic rings. The molecule has 2 nitrogen and oxygen atoms in total. The fourth-order valence-corrected chi connectivity index (χ4v) is 2.88. The number of rotatable bonds is 0. The van der Waals surface area contributed by atoms with Crippen LogP contribution in [0, 0.1) is 6.92 Å². The van der Waals surface area contributed by atoms with Crippen molar-refractivity contribution in [3.8, 4) is 0 Å². The molecule has 4 rings (SSSR count). The smallest absolute Gasteiger partial charge is 0.344 e.